The first-order valence-corrected chi connectivity index (χ1v) is 6.97. The van der Waals surface area contributed by atoms with Crippen molar-refractivity contribution in [3.05, 3.63) is 38.1 Å². The second-order valence-electron chi connectivity index (χ2n) is 4.01. The molecule has 1 aliphatic heterocycles. The molecule has 2 rings (SSSR count). The van der Waals surface area contributed by atoms with Crippen molar-refractivity contribution in [3.8, 4) is 24.0 Å². The lowest BCUT2D eigenvalue weighted by Crippen LogP contribution is -2.24. The van der Waals surface area contributed by atoms with Crippen LogP contribution in [0.5, 0.6) is 5.75 Å². The van der Waals surface area contributed by atoms with E-state index in [1.54, 1.807) is 12.1 Å². The van der Waals surface area contributed by atoms with E-state index < -0.39 is 11.8 Å². The van der Waals surface area contributed by atoms with Gasteiger partial charge < -0.3 is 10.5 Å². The quantitative estimate of drug-likeness (QED) is 0.788. The third-order valence-corrected chi connectivity index (χ3v) is 3.94. The van der Waals surface area contributed by atoms with E-state index in [-0.39, 0.29) is 11.5 Å². The maximum absolute atomic E-state index is 9.23. The molecule has 0 bridgehead atoms. The van der Waals surface area contributed by atoms with Crippen molar-refractivity contribution in [2.75, 3.05) is 0 Å². The van der Waals surface area contributed by atoms with Gasteiger partial charge in [-0.3, -0.25) is 0 Å². The summed E-state index contributed by atoms with van der Waals surface area (Å²) in [6, 6.07) is 9.20. The standard InChI is InChI=1S/C13H6Br2N4O/c14-7-1-8-11(6(3-16)4-17)9(5-18)13(19)20-12(8)10(15)2-7/h1-2,6,11H,19H2/t11-/m1/s1. The molecule has 1 aromatic rings. The number of allylic oxidation sites excluding steroid dienone is 1. The Morgan fingerprint density at radius 2 is 1.85 bits per heavy atom. The fourth-order valence-corrected chi connectivity index (χ4v) is 3.38. The van der Waals surface area contributed by atoms with Crippen LogP contribution in [0.1, 0.15) is 11.5 Å². The largest absolute Gasteiger partial charge is 0.439 e. The molecule has 0 unspecified atom stereocenters. The average Bonchev–Trinajstić information content (AvgIpc) is 2.41. The molecule has 20 heavy (non-hydrogen) atoms. The molecule has 0 aromatic heterocycles. The first-order valence-electron chi connectivity index (χ1n) is 5.39. The van der Waals surface area contributed by atoms with Gasteiger partial charge >= 0.3 is 0 Å². The van der Waals surface area contributed by atoms with Gasteiger partial charge in [-0.05, 0) is 28.1 Å². The van der Waals surface area contributed by atoms with Crippen LogP contribution in [-0.4, -0.2) is 0 Å². The molecule has 0 spiro atoms. The zero-order chi connectivity index (χ0) is 14.9. The lowest BCUT2D eigenvalue weighted by atomic mass is 9.80. The Morgan fingerprint density at radius 3 is 2.40 bits per heavy atom. The highest BCUT2D eigenvalue weighted by atomic mass is 79.9. The molecular weight excluding hydrogens is 388 g/mol. The molecular formula is C13H6Br2N4O. The Bertz CT molecular complexity index is 722. The summed E-state index contributed by atoms with van der Waals surface area (Å²) in [5.41, 5.74) is 6.40. The van der Waals surface area contributed by atoms with Crippen molar-refractivity contribution in [1.29, 1.82) is 15.8 Å². The minimum absolute atomic E-state index is 0.0801. The van der Waals surface area contributed by atoms with Gasteiger partial charge in [-0.2, -0.15) is 15.8 Å². The number of halogens is 2. The van der Waals surface area contributed by atoms with Crippen LogP contribution in [0, 0.1) is 39.9 Å². The van der Waals surface area contributed by atoms with Gasteiger partial charge in [0.2, 0.25) is 5.88 Å². The minimum atomic E-state index is -1.02. The first-order chi connectivity index (χ1) is 9.53. The van der Waals surface area contributed by atoms with E-state index in [1.165, 1.54) is 0 Å². The highest BCUT2D eigenvalue weighted by Gasteiger charge is 2.36. The van der Waals surface area contributed by atoms with Gasteiger partial charge in [-0.15, -0.1) is 0 Å². The second-order valence-corrected chi connectivity index (χ2v) is 5.78. The predicted molar refractivity (Wildman–Crippen MR) is 76.8 cm³/mol. The van der Waals surface area contributed by atoms with Gasteiger partial charge in [-0.1, -0.05) is 15.9 Å². The molecule has 0 radical (unpaired) electrons. The summed E-state index contributed by atoms with van der Waals surface area (Å²) in [6.45, 7) is 0. The number of hydrogen-bond acceptors (Lipinski definition) is 5. The summed E-state index contributed by atoms with van der Waals surface area (Å²) >= 11 is 6.68. The summed E-state index contributed by atoms with van der Waals surface area (Å²) < 4.78 is 6.81. The molecule has 1 aliphatic rings. The van der Waals surface area contributed by atoms with Crippen LogP contribution in [0.3, 0.4) is 0 Å². The Kier molecular flexibility index (Phi) is 3.99. The van der Waals surface area contributed by atoms with Crippen molar-refractivity contribution >= 4 is 31.9 Å². The van der Waals surface area contributed by atoms with E-state index in [4.69, 9.17) is 21.0 Å². The van der Waals surface area contributed by atoms with Crippen LogP contribution in [-0.2, 0) is 0 Å². The Labute approximate surface area is 132 Å². The third kappa shape index (κ3) is 2.25. The van der Waals surface area contributed by atoms with E-state index in [1.807, 2.05) is 18.2 Å². The molecule has 2 N–H and O–H groups in total. The molecule has 7 heteroatoms. The number of fused-ring (bicyclic) bond motifs is 1. The smallest absolute Gasteiger partial charge is 0.205 e. The maximum atomic E-state index is 9.23. The van der Waals surface area contributed by atoms with E-state index in [9.17, 15) is 5.26 Å². The minimum Gasteiger partial charge on any atom is -0.439 e. The second kappa shape index (κ2) is 5.54. The van der Waals surface area contributed by atoms with Crippen molar-refractivity contribution in [3.63, 3.8) is 0 Å². The van der Waals surface area contributed by atoms with Gasteiger partial charge in [0.05, 0.1) is 28.1 Å². The monoisotopic (exact) mass is 392 g/mol. The van der Waals surface area contributed by atoms with E-state index in [2.05, 4.69) is 31.9 Å². The number of rotatable bonds is 1. The molecule has 0 saturated heterocycles. The zero-order valence-electron chi connectivity index (χ0n) is 9.89. The van der Waals surface area contributed by atoms with E-state index in [0.29, 0.717) is 15.8 Å². The summed E-state index contributed by atoms with van der Waals surface area (Å²) in [7, 11) is 0. The summed E-state index contributed by atoms with van der Waals surface area (Å²) in [6.07, 6.45) is 0. The van der Waals surface area contributed by atoms with Crippen molar-refractivity contribution < 1.29 is 4.74 Å². The SMILES string of the molecule is N#CC1=C(N)Oc2c(Br)cc(Br)cc2[C@H]1C(C#N)C#N. The van der Waals surface area contributed by atoms with Gasteiger partial charge in [0, 0.05) is 10.0 Å². The molecule has 1 atom stereocenters. The number of hydrogen-bond donors (Lipinski definition) is 1. The van der Waals surface area contributed by atoms with Gasteiger partial charge in [-0.25, -0.2) is 0 Å². The molecule has 0 saturated carbocycles. The van der Waals surface area contributed by atoms with Crippen LogP contribution in [0.2, 0.25) is 0 Å². The first kappa shape index (κ1) is 14.4. The van der Waals surface area contributed by atoms with Crippen molar-refractivity contribution in [2.45, 2.75) is 5.92 Å². The summed E-state index contributed by atoms with van der Waals surface area (Å²) in [4.78, 5) is 0. The zero-order valence-corrected chi connectivity index (χ0v) is 13.1. The van der Waals surface area contributed by atoms with Crippen molar-refractivity contribution in [1.82, 2.24) is 0 Å². The molecule has 0 aliphatic carbocycles. The molecule has 5 nitrogen and oxygen atoms in total. The fraction of sp³-hybridized carbons (Fsp3) is 0.154. The van der Waals surface area contributed by atoms with Gasteiger partial charge in [0.1, 0.15) is 17.7 Å². The number of ether oxygens (including phenoxy) is 1. The number of nitrogens with zero attached hydrogens (tertiary/aromatic N) is 3. The lowest BCUT2D eigenvalue weighted by Gasteiger charge is -2.27. The van der Waals surface area contributed by atoms with E-state index >= 15 is 0 Å². The highest BCUT2D eigenvalue weighted by Crippen LogP contribution is 2.46. The van der Waals surface area contributed by atoms with Crippen LogP contribution in [0.15, 0.2) is 32.5 Å². The molecule has 1 heterocycles. The molecule has 1 aromatic carbocycles. The number of benzene rings is 1. The van der Waals surface area contributed by atoms with Crippen molar-refractivity contribution in [2.24, 2.45) is 11.7 Å². The molecule has 0 fully saturated rings. The van der Waals surface area contributed by atoms with Crippen LogP contribution < -0.4 is 10.5 Å². The third-order valence-electron chi connectivity index (χ3n) is 2.89. The molecule has 0 amide bonds. The average molecular weight is 394 g/mol. The van der Waals surface area contributed by atoms with Gasteiger partial charge in [0.15, 0.2) is 0 Å². The van der Waals surface area contributed by atoms with Crippen LogP contribution in [0.4, 0.5) is 0 Å². The normalized spacial score (nSPS) is 16.7. The van der Waals surface area contributed by atoms with E-state index in [0.717, 1.165) is 4.47 Å². The Hall–Kier alpha value is -2.01. The maximum Gasteiger partial charge on any atom is 0.205 e. The Balaban J connectivity index is 2.75. The van der Waals surface area contributed by atoms with Crippen LogP contribution >= 0.6 is 31.9 Å². The van der Waals surface area contributed by atoms with Gasteiger partial charge in [0.25, 0.3) is 0 Å². The summed E-state index contributed by atoms with van der Waals surface area (Å²) in [5.74, 6) is -1.41. The molecule has 98 valence electrons. The predicted octanol–water partition coefficient (Wildman–Crippen LogP) is 3.04. The lowest BCUT2D eigenvalue weighted by molar-refractivity contribution is 0.380. The Morgan fingerprint density at radius 1 is 1.20 bits per heavy atom. The van der Waals surface area contributed by atoms with Crippen LogP contribution in [0.25, 0.3) is 0 Å². The summed E-state index contributed by atoms with van der Waals surface area (Å²) in [5, 5.41) is 27.5. The highest BCUT2D eigenvalue weighted by molar-refractivity contribution is 9.11. The number of nitrogens with two attached hydrogens (primary N) is 1. The topological polar surface area (TPSA) is 107 Å². The fourth-order valence-electron chi connectivity index (χ4n) is 2.04. The number of nitriles is 3.